The third kappa shape index (κ3) is 5.99. The fourth-order valence-electron chi connectivity index (χ4n) is 5.05. The number of rotatable bonds is 9. The number of amides is 2. The van der Waals surface area contributed by atoms with E-state index in [1.807, 2.05) is 31.2 Å². The molecule has 0 bridgehead atoms. The number of carbonyl (C=O) groups excluding carboxylic acids is 2. The Hall–Kier alpha value is -3.00. The van der Waals surface area contributed by atoms with Crippen LogP contribution in [0.25, 0.3) is 11.1 Å². The lowest BCUT2D eigenvalue weighted by Gasteiger charge is -2.37. The predicted molar refractivity (Wildman–Crippen MR) is 137 cm³/mol. The minimum Gasteiger partial charge on any atom is -0.481 e. The average molecular weight is 497 g/mol. The van der Waals surface area contributed by atoms with Crippen molar-refractivity contribution in [3.05, 3.63) is 59.7 Å². The van der Waals surface area contributed by atoms with Crippen LogP contribution < -0.4 is 10.6 Å². The monoisotopic (exact) mass is 496 g/mol. The molecular formula is C27H32N2O5S. The summed E-state index contributed by atoms with van der Waals surface area (Å²) >= 11 is 1.79. The molecule has 2 aliphatic rings. The molecule has 0 saturated carbocycles. The van der Waals surface area contributed by atoms with Crippen molar-refractivity contribution in [2.24, 2.45) is 0 Å². The lowest BCUT2D eigenvalue weighted by atomic mass is 9.88. The number of ether oxygens (including phenoxy) is 1. The Balaban J connectivity index is 1.40. The van der Waals surface area contributed by atoms with E-state index in [1.165, 1.54) is 11.1 Å². The molecule has 0 aromatic heterocycles. The normalized spacial score (nSPS) is 17.1. The fraction of sp³-hybridized carbons (Fsp3) is 0.444. The molecule has 0 spiro atoms. The number of carboxylic acids is 1. The van der Waals surface area contributed by atoms with Gasteiger partial charge in [0.25, 0.3) is 0 Å². The average Bonchev–Trinajstić information content (AvgIpc) is 3.16. The van der Waals surface area contributed by atoms with E-state index in [9.17, 15) is 14.4 Å². The molecule has 0 radical (unpaired) electrons. The number of alkyl carbamates (subject to hydrolysis) is 1. The van der Waals surface area contributed by atoms with Crippen LogP contribution in [0.3, 0.4) is 0 Å². The highest BCUT2D eigenvalue weighted by Gasteiger charge is 2.37. The number of hydrogen-bond acceptors (Lipinski definition) is 5. The van der Waals surface area contributed by atoms with Crippen LogP contribution in [0.4, 0.5) is 4.79 Å². The van der Waals surface area contributed by atoms with Gasteiger partial charge in [0.1, 0.15) is 6.61 Å². The van der Waals surface area contributed by atoms with Gasteiger partial charge in [0, 0.05) is 18.4 Å². The first-order valence-corrected chi connectivity index (χ1v) is 13.3. The molecule has 1 atom stereocenters. The van der Waals surface area contributed by atoms with Gasteiger partial charge in [-0.25, -0.2) is 4.79 Å². The highest BCUT2D eigenvalue weighted by molar-refractivity contribution is 7.99. The van der Waals surface area contributed by atoms with Crippen LogP contribution in [-0.2, 0) is 14.3 Å². The molecule has 2 amide bonds. The van der Waals surface area contributed by atoms with E-state index in [0.29, 0.717) is 19.3 Å². The second kappa shape index (κ2) is 11.2. The molecular weight excluding hydrogens is 464 g/mol. The van der Waals surface area contributed by atoms with Gasteiger partial charge in [-0.1, -0.05) is 55.5 Å². The third-order valence-electron chi connectivity index (χ3n) is 6.94. The number of fused-ring (bicyclic) bond motifs is 3. The molecule has 8 heteroatoms. The van der Waals surface area contributed by atoms with E-state index in [-0.39, 0.29) is 31.3 Å². The zero-order chi connectivity index (χ0) is 24.8. The summed E-state index contributed by atoms with van der Waals surface area (Å²) in [6.45, 7) is 2.06. The van der Waals surface area contributed by atoms with Crippen molar-refractivity contribution in [1.82, 2.24) is 10.6 Å². The second-order valence-electron chi connectivity index (χ2n) is 9.29. The van der Waals surface area contributed by atoms with E-state index in [0.717, 1.165) is 22.6 Å². The van der Waals surface area contributed by atoms with Crippen LogP contribution in [0.2, 0.25) is 0 Å². The molecule has 1 saturated heterocycles. The SMILES string of the molecule is CC[C@@H](CC(=O)O)NC(=O)CC1(NC(=O)OCC2c3ccccc3-c3ccccc32)CCSCC1. The van der Waals surface area contributed by atoms with Gasteiger partial charge in [-0.15, -0.1) is 0 Å². The summed E-state index contributed by atoms with van der Waals surface area (Å²) in [5, 5.41) is 14.9. The Morgan fingerprint density at radius 1 is 1.06 bits per heavy atom. The zero-order valence-corrected chi connectivity index (χ0v) is 20.7. The van der Waals surface area contributed by atoms with Crippen molar-refractivity contribution in [3.8, 4) is 11.1 Å². The topological polar surface area (TPSA) is 105 Å². The molecule has 4 rings (SSSR count). The Bertz CT molecular complexity index is 1040. The van der Waals surface area contributed by atoms with Crippen molar-refractivity contribution in [2.75, 3.05) is 18.1 Å². The maximum absolute atomic E-state index is 13.0. The van der Waals surface area contributed by atoms with Crippen molar-refractivity contribution < 1.29 is 24.2 Å². The number of carbonyl (C=O) groups is 3. The first-order valence-electron chi connectivity index (χ1n) is 12.1. The lowest BCUT2D eigenvalue weighted by Crippen LogP contribution is -2.54. The molecule has 2 aromatic rings. The van der Waals surface area contributed by atoms with Gasteiger partial charge in [0.2, 0.25) is 5.91 Å². The van der Waals surface area contributed by atoms with Crippen molar-refractivity contribution in [1.29, 1.82) is 0 Å². The standard InChI is InChI=1S/C27H32N2O5S/c1-2-18(15-25(31)32)28-24(30)16-27(11-13-35-14-12-27)29-26(33)34-17-23-21-9-5-3-7-19(21)20-8-4-6-10-22(20)23/h3-10,18,23H,2,11-17H2,1H3,(H,28,30)(H,29,33)(H,31,32)/t18-/m0/s1. The van der Waals surface area contributed by atoms with Crippen LogP contribution in [0.1, 0.15) is 56.1 Å². The Morgan fingerprint density at radius 2 is 1.66 bits per heavy atom. The number of aliphatic carboxylic acids is 1. The van der Waals surface area contributed by atoms with E-state index in [2.05, 4.69) is 34.9 Å². The van der Waals surface area contributed by atoms with E-state index in [1.54, 1.807) is 11.8 Å². The van der Waals surface area contributed by atoms with E-state index in [4.69, 9.17) is 9.84 Å². The summed E-state index contributed by atoms with van der Waals surface area (Å²) in [5.74, 6) is 0.448. The molecule has 1 heterocycles. The third-order valence-corrected chi connectivity index (χ3v) is 7.92. The number of nitrogens with one attached hydrogen (secondary N) is 2. The minimum atomic E-state index is -0.947. The summed E-state index contributed by atoms with van der Waals surface area (Å²) in [7, 11) is 0. The number of benzene rings is 2. The van der Waals surface area contributed by atoms with Crippen LogP contribution in [0.15, 0.2) is 48.5 Å². The molecule has 1 aliphatic carbocycles. The molecule has 1 fully saturated rings. The summed E-state index contributed by atoms with van der Waals surface area (Å²) < 4.78 is 5.74. The fourth-order valence-corrected chi connectivity index (χ4v) is 6.33. The van der Waals surface area contributed by atoms with Gasteiger partial charge in [-0.3, -0.25) is 9.59 Å². The van der Waals surface area contributed by atoms with Gasteiger partial charge in [0.05, 0.1) is 12.0 Å². The summed E-state index contributed by atoms with van der Waals surface area (Å²) in [6.07, 6.45) is 1.30. The molecule has 35 heavy (non-hydrogen) atoms. The van der Waals surface area contributed by atoms with Crippen molar-refractivity contribution in [3.63, 3.8) is 0 Å². The molecule has 186 valence electrons. The Kier molecular flexibility index (Phi) is 8.00. The highest BCUT2D eigenvalue weighted by Crippen LogP contribution is 2.44. The van der Waals surface area contributed by atoms with Crippen molar-refractivity contribution >= 4 is 29.7 Å². The van der Waals surface area contributed by atoms with Gasteiger partial charge in [-0.2, -0.15) is 11.8 Å². The number of thioether (sulfide) groups is 1. The van der Waals surface area contributed by atoms with Crippen LogP contribution in [-0.4, -0.2) is 52.8 Å². The van der Waals surface area contributed by atoms with E-state index >= 15 is 0 Å². The number of hydrogen-bond donors (Lipinski definition) is 3. The largest absolute Gasteiger partial charge is 0.481 e. The molecule has 3 N–H and O–H groups in total. The first kappa shape index (κ1) is 25.1. The van der Waals surface area contributed by atoms with Gasteiger partial charge < -0.3 is 20.5 Å². The Morgan fingerprint density at radius 3 is 2.23 bits per heavy atom. The maximum Gasteiger partial charge on any atom is 0.407 e. The van der Waals surface area contributed by atoms with E-state index < -0.39 is 23.6 Å². The first-order chi connectivity index (χ1) is 16.9. The summed E-state index contributed by atoms with van der Waals surface area (Å²) in [5.41, 5.74) is 3.93. The zero-order valence-electron chi connectivity index (χ0n) is 19.9. The van der Waals surface area contributed by atoms with Crippen LogP contribution in [0, 0.1) is 0 Å². The molecule has 1 aliphatic heterocycles. The van der Waals surface area contributed by atoms with Gasteiger partial charge in [0.15, 0.2) is 0 Å². The van der Waals surface area contributed by atoms with Crippen LogP contribution >= 0.6 is 11.8 Å². The molecule has 0 unspecified atom stereocenters. The van der Waals surface area contributed by atoms with Gasteiger partial charge >= 0.3 is 12.1 Å². The maximum atomic E-state index is 13.0. The highest BCUT2D eigenvalue weighted by atomic mass is 32.2. The minimum absolute atomic E-state index is 0.0318. The smallest absolute Gasteiger partial charge is 0.407 e. The second-order valence-corrected chi connectivity index (χ2v) is 10.5. The number of carboxylic acid groups (broad SMARTS) is 1. The lowest BCUT2D eigenvalue weighted by molar-refractivity contribution is -0.137. The predicted octanol–water partition coefficient (Wildman–Crippen LogP) is 4.55. The Labute approximate surface area is 210 Å². The quantitative estimate of drug-likeness (QED) is 0.470. The molecule has 2 aromatic carbocycles. The molecule has 7 nitrogen and oxygen atoms in total. The van der Waals surface area contributed by atoms with Gasteiger partial charge in [-0.05, 0) is 53.0 Å². The van der Waals surface area contributed by atoms with Crippen molar-refractivity contribution in [2.45, 2.75) is 56.5 Å². The van der Waals surface area contributed by atoms with Crippen LogP contribution in [0.5, 0.6) is 0 Å². The summed E-state index contributed by atoms with van der Waals surface area (Å²) in [6, 6.07) is 15.9. The summed E-state index contributed by atoms with van der Waals surface area (Å²) in [4.78, 5) is 36.8.